The Morgan fingerprint density at radius 1 is 1.33 bits per heavy atom. The minimum atomic E-state index is -0.200. The summed E-state index contributed by atoms with van der Waals surface area (Å²) in [5.41, 5.74) is 0.392. The van der Waals surface area contributed by atoms with Crippen LogP contribution in [0.1, 0.15) is 30.6 Å². The number of carbonyl (C=O) groups excluding carboxylic acids is 1. The van der Waals surface area contributed by atoms with Crippen LogP contribution in [0.5, 0.6) is 11.5 Å². The first kappa shape index (κ1) is 19.9. The normalized spacial score (nSPS) is 25.4. The second-order valence-electron chi connectivity index (χ2n) is 7.69. The summed E-state index contributed by atoms with van der Waals surface area (Å²) in [7, 11) is 1.59. The number of nitrogens with one attached hydrogen (secondary N) is 1. The Morgan fingerprint density at radius 2 is 2.15 bits per heavy atom. The van der Waals surface area contributed by atoms with Crippen LogP contribution in [-0.2, 0) is 9.47 Å². The molecule has 2 N–H and O–H groups in total. The molecule has 0 bridgehead atoms. The van der Waals surface area contributed by atoms with E-state index >= 15 is 0 Å². The van der Waals surface area contributed by atoms with Crippen molar-refractivity contribution in [3.63, 3.8) is 0 Å². The third-order valence-electron chi connectivity index (χ3n) is 5.23. The lowest BCUT2D eigenvalue weighted by Crippen LogP contribution is -2.48. The number of phenolic OH excluding ortho intramolecular Hbond substituents is 1. The van der Waals surface area contributed by atoms with Gasteiger partial charge in [-0.2, -0.15) is 0 Å². The van der Waals surface area contributed by atoms with E-state index in [1.165, 1.54) is 12.1 Å². The SMILES string of the molecule is COCCOc1cc(O)cc(C(=O)N[C@@H]2C[C@H]3CO[C@H](C(C)C)CN3C2)c1. The number of ether oxygens (including phenoxy) is 3. The van der Waals surface area contributed by atoms with Gasteiger partial charge in [-0.15, -0.1) is 0 Å². The fourth-order valence-corrected chi connectivity index (χ4v) is 3.72. The van der Waals surface area contributed by atoms with Gasteiger partial charge in [0.15, 0.2) is 0 Å². The third-order valence-corrected chi connectivity index (χ3v) is 5.23. The molecule has 0 aromatic heterocycles. The molecule has 2 heterocycles. The second-order valence-corrected chi connectivity index (χ2v) is 7.69. The summed E-state index contributed by atoms with van der Waals surface area (Å²) in [6.07, 6.45) is 1.14. The first-order chi connectivity index (χ1) is 13.0. The van der Waals surface area contributed by atoms with Crippen molar-refractivity contribution in [3.05, 3.63) is 23.8 Å². The molecule has 0 unspecified atom stereocenters. The Balaban J connectivity index is 1.58. The summed E-state index contributed by atoms with van der Waals surface area (Å²) < 4.78 is 16.4. The number of phenols is 1. The summed E-state index contributed by atoms with van der Waals surface area (Å²) in [4.78, 5) is 15.1. The fourth-order valence-electron chi connectivity index (χ4n) is 3.72. The van der Waals surface area contributed by atoms with Gasteiger partial charge in [-0.25, -0.2) is 0 Å². The summed E-state index contributed by atoms with van der Waals surface area (Å²) in [6, 6.07) is 5.04. The largest absolute Gasteiger partial charge is 0.508 e. The zero-order valence-corrected chi connectivity index (χ0v) is 16.3. The molecule has 2 aliphatic rings. The Bertz CT molecular complexity index is 651. The molecular weight excluding hydrogens is 348 g/mol. The summed E-state index contributed by atoms with van der Waals surface area (Å²) in [5.74, 6) is 0.749. The predicted octanol–water partition coefficient (Wildman–Crippen LogP) is 1.64. The zero-order chi connectivity index (χ0) is 19.4. The number of hydrogen-bond acceptors (Lipinski definition) is 6. The van der Waals surface area contributed by atoms with Gasteiger partial charge in [0.1, 0.15) is 18.1 Å². The highest BCUT2D eigenvalue weighted by Gasteiger charge is 2.38. The van der Waals surface area contributed by atoms with Crippen LogP contribution in [0.3, 0.4) is 0 Å². The number of benzene rings is 1. The van der Waals surface area contributed by atoms with E-state index < -0.39 is 0 Å². The van der Waals surface area contributed by atoms with Gasteiger partial charge < -0.3 is 24.6 Å². The van der Waals surface area contributed by atoms with Gasteiger partial charge in [0.05, 0.1) is 19.3 Å². The molecule has 1 aromatic rings. The van der Waals surface area contributed by atoms with Gasteiger partial charge in [0.2, 0.25) is 0 Å². The molecule has 3 rings (SSSR count). The van der Waals surface area contributed by atoms with Crippen molar-refractivity contribution in [2.45, 2.75) is 38.5 Å². The zero-order valence-electron chi connectivity index (χ0n) is 16.3. The first-order valence-electron chi connectivity index (χ1n) is 9.58. The topological polar surface area (TPSA) is 80.3 Å². The van der Waals surface area contributed by atoms with Gasteiger partial charge in [0.25, 0.3) is 5.91 Å². The average molecular weight is 378 g/mol. The molecule has 0 aliphatic carbocycles. The minimum absolute atomic E-state index is 0.00656. The second kappa shape index (κ2) is 8.91. The van der Waals surface area contributed by atoms with E-state index in [4.69, 9.17) is 14.2 Å². The van der Waals surface area contributed by atoms with E-state index in [0.717, 1.165) is 26.1 Å². The van der Waals surface area contributed by atoms with E-state index in [9.17, 15) is 9.90 Å². The number of nitrogens with zero attached hydrogens (tertiary/aromatic N) is 1. The van der Waals surface area contributed by atoms with Crippen molar-refractivity contribution in [1.29, 1.82) is 0 Å². The monoisotopic (exact) mass is 378 g/mol. The van der Waals surface area contributed by atoms with Crippen LogP contribution in [0.25, 0.3) is 0 Å². The van der Waals surface area contributed by atoms with Gasteiger partial charge in [-0.1, -0.05) is 13.8 Å². The lowest BCUT2D eigenvalue weighted by atomic mass is 10.0. The molecule has 7 nitrogen and oxygen atoms in total. The molecule has 1 aromatic carbocycles. The Morgan fingerprint density at radius 3 is 2.89 bits per heavy atom. The van der Waals surface area contributed by atoms with Crippen LogP contribution in [0.4, 0.5) is 0 Å². The molecule has 150 valence electrons. The first-order valence-corrected chi connectivity index (χ1v) is 9.58. The van der Waals surface area contributed by atoms with Crippen molar-refractivity contribution in [3.8, 4) is 11.5 Å². The van der Waals surface area contributed by atoms with Crippen molar-refractivity contribution < 1.29 is 24.1 Å². The standard InChI is InChI=1S/C20H30N2O5/c1-13(2)19-11-22-10-15(8-16(22)12-27-19)21-20(24)14-6-17(23)9-18(7-14)26-5-4-25-3/h6-7,9,13,15-16,19,23H,4-5,8,10-12H2,1-3H3,(H,21,24)/t15-,16+,19+/m1/s1. The van der Waals surface area contributed by atoms with Crippen LogP contribution in [-0.4, -0.2) is 74.1 Å². The van der Waals surface area contributed by atoms with Crippen LogP contribution in [0.15, 0.2) is 18.2 Å². The van der Waals surface area contributed by atoms with E-state index in [0.29, 0.717) is 36.5 Å². The van der Waals surface area contributed by atoms with E-state index in [1.807, 2.05) is 0 Å². The predicted molar refractivity (Wildman–Crippen MR) is 101 cm³/mol. The van der Waals surface area contributed by atoms with Crippen molar-refractivity contribution in [1.82, 2.24) is 10.2 Å². The smallest absolute Gasteiger partial charge is 0.251 e. The number of carbonyl (C=O) groups is 1. The average Bonchev–Trinajstić information content (AvgIpc) is 3.02. The number of aromatic hydroxyl groups is 1. The van der Waals surface area contributed by atoms with E-state index in [-0.39, 0.29) is 23.8 Å². The molecule has 3 atom stereocenters. The lowest BCUT2D eigenvalue weighted by molar-refractivity contribution is -0.0683. The maximum Gasteiger partial charge on any atom is 0.251 e. The van der Waals surface area contributed by atoms with Crippen LogP contribution < -0.4 is 10.1 Å². The highest BCUT2D eigenvalue weighted by Crippen LogP contribution is 2.27. The molecule has 27 heavy (non-hydrogen) atoms. The molecule has 7 heteroatoms. The number of rotatable bonds is 7. The van der Waals surface area contributed by atoms with Crippen molar-refractivity contribution in [2.24, 2.45) is 5.92 Å². The Labute approximate surface area is 160 Å². The molecule has 0 saturated carbocycles. The molecule has 0 radical (unpaired) electrons. The van der Waals surface area contributed by atoms with Crippen LogP contribution in [0, 0.1) is 5.92 Å². The van der Waals surface area contributed by atoms with Crippen molar-refractivity contribution in [2.75, 3.05) is 40.0 Å². The molecule has 0 spiro atoms. The summed E-state index contributed by atoms with van der Waals surface area (Å²) >= 11 is 0. The maximum atomic E-state index is 12.7. The number of fused-ring (bicyclic) bond motifs is 1. The Hall–Kier alpha value is -1.83. The fraction of sp³-hybridized carbons (Fsp3) is 0.650. The number of amides is 1. The van der Waals surface area contributed by atoms with Crippen molar-refractivity contribution >= 4 is 5.91 Å². The molecule has 2 saturated heterocycles. The van der Waals surface area contributed by atoms with Gasteiger partial charge >= 0.3 is 0 Å². The summed E-state index contributed by atoms with van der Waals surface area (Å²) in [5, 5.41) is 13.0. The van der Waals surface area contributed by atoms with Crippen LogP contribution >= 0.6 is 0 Å². The quantitative estimate of drug-likeness (QED) is 0.703. The molecular formula is C20H30N2O5. The van der Waals surface area contributed by atoms with Crippen LogP contribution in [0.2, 0.25) is 0 Å². The van der Waals surface area contributed by atoms with Gasteiger partial charge in [0, 0.05) is 43.9 Å². The minimum Gasteiger partial charge on any atom is -0.508 e. The van der Waals surface area contributed by atoms with E-state index in [2.05, 4.69) is 24.1 Å². The van der Waals surface area contributed by atoms with E-state index in [1.54, 1.807) is 13.2 Å². The lowest BCUT2D eigenvalue weighted by Gasteiger charge is -2.36. The number of hydrogen-bond donors (Lipinski definition) is 2. The molecule has 2 fully saturated rings. The number of morpholine rings is 1. The van der Waals surface area contributed by atoms with Gasteiger partial charge in [-0.3, -0.25) is 9.69 Å². The maximum absolute atomic E-state index is 12.7. The van der Waals surface area contributed by atoms with Gasteiger partial charge in [-0.05, 0) is 24.5 Å². The third kappa shape index (κ3) is 5.12. The molecule has 1 amide bonds. The highest BCUT2D eigenvalue weighted by molar-refractivity contribution is 5.95. The highest BCUT2D eigenvalue weighted by atomic mass is 16.5. The Kier molecular flexibility index (Phi) is 6.57. The summed E-state index contributed by atoms with van der Waals surface area (Å²) in [6.45, 7) is 7.62. The number of methoxy groups -OCH3 is 1. The molecule has 2 aliphatic heterocycles.